The van der Waals surface area contributed by atoms with Gasteiger partial charge in [0, 0.05) is 32.6 Å². The summed E-state index contributed by atoms with van der Waals surface area (Å²) in [5, 5.41) is 9.50. The molecule has 0 radical (unpaired) electrons. The summed E-state index contributed by atoms with van der Waals surface area (Å²) in [6, 6.07) is 12.0. The van der Waals surface area contributed by atoms with Crippen LogP contribution in [0.5, 0.6) is 11.5 Å². The number of amides is 1. The van der Waals surface area contributed by atoms with Gasteiger partial charge in [-0.3, -0.25) is 9.79 Å². The van der Waals surface area contributed by atoms with E-state index in [1.165, 1.54) is 25.3 Å². The maximum atomic E-state index is 11.5. The molecule has 0 aliphatic heterocycles. The van der Waals surface area contributed by atoms with Crippen molar-refractivity contribution in [2.24, 2.45) is 4.99 Å². The third-order valence-corrected chi connectivity index (χ3v) is 5.52. The summed E-state index contributed by atoms with van der Waals surface area (Å²) in [5.41, 5.74) is 3.95. The number of hydrogen-bond donors (Lipinski definition) is 3. The van der Waals surface area contributed by atoms with Crippen molar-refractivity contribution in [3.63, 3.8) is 0 Å². The SMILES string of the molecule is CN=C(NCc1ccc(OC)c(NC(C)=O)c1)NCc1ccc(C)cc1OC1CCCC1.I. The Hall–Kier alpha value is -2.49. The maximum absolute atomic E-state index is 11.5. The second-order valence-electron chi connectivity index (χ2n) is 8.13. The molecule has 8 heteroatoms. The summed E-state index contributed by atoms with van der Waals surface area (Å²) in [7, 11) is 3.33. The predicted octanol–water partition coefficient (Wildman–Crippen LogP) is 4.77. The third-order valence-electron chi connectivity index (χ3n) is 5.52. The van der Waals surface area contributed by atoms with Gasteiger partial charge in [0.15, 0.2) is 5.96 Å². The van der Waals surface area contributed by atoms with Crippen LogP contribution in [0.15, 0.2) is 41.4 Å². The Morgan fingerprint density at radius 1 is 1.06 bits per heavy atom. The maximum Gasteiger partial charge on any atom is 0.221 e. The lowest BCUT2D eigenvalue weighted by molar-refractivity contribution is -0.114. The Balaban J connectivity index is 0.00000385. The largest absolute Gasteiger partial charge is 0.495 e. The third kappa shape index (κ3) is 8.10. The van der Waals surface area contributed by atoms with Crippen LogP contribution in [-0.4, -0.2) is 32.1 Å². The Kier molecular flexibility index (Phi) is 10.8. The van der Waals surface area contributed by atoms with Gasteiger partial charge in [-0.05, 0) is 61.9 Å². The quantitative estimate of drug-likeness (QED) is 0.244. The van der Waals surface area contributed by atoms with E-state index in [4.69, 9.17) is 9.47 Å². The molecule has 1 aliphatic rings. The molecule has 7 nitrogen and oxygen atoms in total. The van der Waals surface area contributed by atoms with Crippen LogP contribution in [0.4, 0.5) is 5.69 Å². The van der Waals surface area contributed by atoms with E-state index in [1.807, 2.05) is 18.2 Å². The molecule has 1 amide bonds. The highest BCUT2D eigenvalue weighted by molar-refractivity contribution is 14.0. The summed E-state index contributed by atoms with van der Waals surface area (Å²) >= 11 is 0. The summed E-state index contributed by atoms with van der Waals surface area (Å²) in [4.78, 5) is 15.8. The van der Waals surface area contributed by atoms with Gasteiger partial charge in [-0.15, -0.1) is 24.0 Å². The molecule has 1 aliphatic carbocycles. The van der Waals surface area contributed by atoms with Crippen LogP contribution in [0.1, 0.15) is 49.3 Å². The fraction of sp³-hybridized carbons (Fsp3) is 0.440. The minimum absolute atomic E-state index is 0. The Bertz CT molecular complexity index is 959. The van der Waals surface area contributed by atoms with Gasteiger partial charge < -0.3 is 25.4 Å². The van der Waals surface area contributed by atoms with Gasteiger partial charge in [0.1, 0.15) is 11.5 Å². The monoisotopic (exact) mass is 566 g/mol. The number of aliphatic imine (C=N–C) groups is 1. The second-order valence-corrected chi connectivity index (χ2v) is 8.13. The lowest BCUT2D eigenvalue weighted by Gasteiger charge is -2.19. The van der Waals surface area contributed by atoms with E-state index in [9.17, 15) is 4.79 Å². The molecule has 0 atom stereocenters. The molecule has 0 saturated heterocycles. The lowest BCUT2D eigenvalue weighted by Crippen LogP contribution is -2.36. The van der Waals surface area contributed by atoms with E-state index in [1.54, 1.807) is 14.2 Å². The highest BCUT2D eigenvalue weighted by Crippen LogP contribution is 2.28. The standard InChI is InChI=1S/C25H34N4O3.HI/c1-17-9-11-20(24(13-17)32-21-7-5-6-8-21)16-28-25(26-3)27-15-19-10-12-23(31-4)22(14-19)29-18(2)30;/h9-14,21H,5-8,15-16H2,1-4H3,(H,29,30)(H2,26,27,28);1H. The zero-order chi connectivity index (χ0) is 22.9. The first-order valence-electron chi connectivity index (χ1n) is 11.1. The van der Waals surface area contributed by atoms with Crippen LogP contribution in [-0.2, 0) is 17.9 Å². The van der Waals surface area contributed by atoms with Crippen molar-refractivity contribution in [3.05, 3.63) is 53.1 Å². The molecule has 180 valence electrons. The Morgan fingerprint density at radius 3 is 2.45 bits per heavy atom. The number of guanidine groups is 1. The minimum atomic E-state index is -0.139. The van der Waals surface area contributed by atoms with E-state index in [0.717, 1.165) is 29.7 Å². The first kappa shape index (κ1) is 26.8. The molecule has 0 heterocycles. The number of nitrogens with one attached hydrogen (secondary N) is 3. The van der Waals surface area contributed by atoms with Crippen molar-refractivity contribution in [1.82, 2.24) is 10.6 Å². The smallest absolute Gasteiger partial charge is 0.221 e. The van der Waals surface area contributed by atoms with Crippen molar-refractivity contribution >= 4 is 41.5 Å². The number of nitrogens with zero attached hydrogens (tertiary/aromatic N) is 1. The fourth-order valence-electron chi connectivity index (χ4n) is 3.84. The van der Waals surface area contributed by atoms with Gasteiger partial charge in [0.25, 0.3) is 0 Å². The van der Waals surface area contributed by atoms with E-state index >= 15 is 0 Å². The average molecular weight is 566 g/mol. The lowest BCUT2D eigenvalue weighted by atomic mass is 10.1. The molecule has 0 bridgehead atoms. The van der Waals surface area contributed by atoms with Crippen molar-refractivity contribution in [2.45, 2.75) is 58.7 Å². The number of carbonyl (C=O) groups is 1. The first-order chi connectivity index (χ1) is 15.5. The topological polar surface area (TPSA) is 84.0 Å². The number of benzene rings is 2. The highest BCUT2D eigenvalue weighted by Gasteiger charge is 2.18. The Labute approximate surface area is 213 Å². The molecule has 2 aromatic carbocycles. The number of hydrogen-bond acceptors (Lipinski definition) is 4. The number of methoxy groups -OCH3 is 1. The minimum Gasteiger partial charge on any atom is -0.495 e. The number of rotatable bonds is 8. The van der Waals surface area contributed by atoms with E-state index in [2.05, 4.69) is 46.1 Å². The molecule has 3 N–H and O–H groups in total. The molecule has 33 heavy (non-hydrogen) atoms. The summed E-state index contributed by atoms with van der Waals surface area (Å²) in [6.07, 6.45) is 5.07. The van der Waals surface area contributed by atoms with Crippen LogP contribution in [0, 0.1) is 6.92 Å². The van der Waals surface area contributed by atoms with Gasteiger partial charge in [-0.1, -0.05) is 18.2 Å². The fourth-order valence-corrected chi connectivity index (χ4v) is 3.84. The van der Waals surface area contributed by atoms with Crippen molar-refractivity contribution in [1.29, 1.82) is 0 Å². The Morgan fingerprint density at radius 2 is 1.79 bits per heavy atom. The number of ether oxygens (including phenoxy) is 2. The molecule has 1 fully saturated rings. The normalized spacial score (nSPS) is 13.8. The van der Waals surface area contributed by atoms with E-state index < -0.39 is 0 Å². The molecule has 3 rings (SSSR count). The van der Waals surface area contributed by atoms with Gasteiger partial charge in [-0.25, -0.2) is 0 Å². The molecule has 0 spiro atoms. The highest BCUT2D eigenvalue weighted by atomic mass is 127. The summed E-state index contributed by atoms with van der Waals surface area (Å²) in [6.45, 7) is 4.73. The zero-order valence-electron chi connectivity index (χ0n) is 19.9. The molecule has 0 aromatic heterocycles. The molecular formula is C25H35IN4O3. The summed E-state index contributed by atoms with van der Waals surface area (Å²) < 4.78 is 11.6. The van der Waals surface area contributed by atoms with Gasteiger partial charge in [0.05, 0.1) is 18.9 Å². The van der Waals surface area contributed by atoms with Crippen LogP contribution in [0.25, 0.3) is 0 Å². The summed E-state index contributed by atoms with van der Waals surface area (Å²) in [5.74, 6) is 2.13. The van der Waals surface area contributed by atoms with Gasteiger partial charge in [0.2, 0.25) is 5.91 Å². The van der Waals surface area contributed by atoms with Gasteiger partial charge in [-0.2, -0.15) is 0 Å². The first-order valence-corrected chi connectivity index (χ1v) is 11.1. The van der Waals surface area contributed by atoms with Crippen LogP contribution < -0.4 is 25.4 Å². The number of halogens is 1. The number of aryl methyl sites for hydroxylation is 1. The molecule has 2 aromatic rings. The molecular weight excluding hydrogens is 531 g/mol. The van der Waals surface area contributed by atoms with E-state index in [-0.39, 0.29) is 29.9 Å². The van der Waals surface area contributed by atoms with Crippen LogP contribution in [0.2, 0.25) is 0 Å². The molecule has 0 unspecified atom stereocenters. The molecule has 1 saturated carbocycles. The number of anilines is 1. The van der Waals surface area contributed by atoms with Crippen molar-refractivity contribution in [3.8, 4) is 11.5 Å². The van der Waals surface area contributed by atoms with Crippen LogP contribution >= 0.6 is 24.0 Å². The predicted molar refractivity (Wildman–Crippen MR) is 144 cm³/mol. The zero-order valence-corrected chi connectivity index (χ0v) is 22.2. The van der Waals surface area contributed by atoms with Gasteiger partial charge >= 0.3 is 0 Å². The second kappa shape index (κ2) is 13.3. The van der Waals surface area contributed by atoms with Crippen molar-refractivity contribution in [2.75, 3.05) is 19.5 Å². The van der Waals surface area contributed by atoms with Crippen LogP contribution in [0.3, 0.4) is 0 Å². The van der Waals surface area contributed by atoms with E-state index in [0.29, 0.717) is 36.6 Å². The average Bonchev–Trinajstić information content (AvgIpc) is 3.28. The number of carbonyl (C=O) groups excluding carboxylic acids is 1. The van der Waals surface area contributed by atoms with Crippen molar-refractivity contribution < 1.29 is 14.3 Å².